The van der Waals surface area contributed by atoms with Crippen molar-refractivity contribution in [1.82, 2.24) is 5.32 Å². The number of nitrogens with one attached hydrogen (secondary N) is 2. The van der Waals surface area contributed by atoms with Crippen LogP contribution in [0.2, 0.25) is 5.02 Å². The molecule has 0 saturated carbocycles. The van der Waals surface area contributed by atoms with Crippen molar-refractivity contribution in [2.45, 2.75) is 0 Å². The summed E-state index contributed by atoms with van der Waals surface area (Å²) in [5.41, 5.74) is 1.27. The Hall–Kier alpha value is -2.79. The lowest BCUT2D eigenvalue weighted by molar-refractivity contribution is 0.0697. The molecule has 0 aliphatic rings. The lowest BCUT2D eigenvalue weighted by Gasteiger charge is -2.05. The van der Waals surface area contributed by atoms with E-state index in [0.717, 1.165) is 5.56 Å². The molecule has 0 saturated heterocycles. The first-order chi connectivity index (χ1) is 10.6. The summed E-state index contributed by atoms with van der Waals surface area (Å²) < 4.78 is 0. The molecule has 6 heteroatoms. The second-order valence-corrected chi connectivity index (χ2v) is 4.75. The van der Waals surface area contributed by atoms with Gasteiger partial charge in [-0.1, -0.05) is 35.9 Å². The quantitative estimate of drug-likeness (QED) is 0.802. The Morgan fingerprint density at radius 1 is 1.09 bits per heavy atom. The van der Waals surface area contributed by atoms with Crippen molar-refractivity contribution in [3.05, 3.63) is 70.9 Å². The normalized spacial score (nSPS) is 10.4. The van der Waals surface area contributed by atoms with Gasteiger partial charge < -0.3 is 15.7 Å². The zero-order valence-corrected chi connectivity index (χ0v) is 12.2. The number of amides is 2. The number of rotatable bonds is 4. The molecule has 112 valence electrons. The van der Waals surface area contributed by atoms with E-state index in [1.807, 2.05) is 18.2 Å². The van der Waals surface area contributed by atoms with Gasteiger partial charge in [-0.2, -0.15) is 0 Å². The van der Waals surface area contributed by atoms with Crippen LogP contribution in [0.5, 0.6) is 0 Å². The van der Waals surface area contributed by atoms with Crippen molar-refractivity contribution >= 4 is 35.4 Å². The van der Waals surface area contributed by atoms with Crippen LogP contribution in [0.1, 0.15) is 15.9 Å². The van der Waals surface area contributed by atoms with E-state index in [1.54, 1.807) is 24.3 Å². The molecule has 0 atom stereocenters. The Labute approximate surface area is 132 Å². The minimum atomic E-state index is -1.05. The first-order valence-corrected chi connectivity index (χ1v) is 6.76. The Kier molecular flexibility index (Phi) is 5.16. The second kappa shape index (κ2) is 7.28. The maximum Gasteiger partial charge on any atom is 0.335 e. The van der Waals surface area contributed by atoms with Crippen molar-refractivity contribution in [1.29, 1.82) is 0 Å². The zero-order chi connectivity index (χ0) is 15.9. The number of urea groups is 1. The summed E-state index contributed by atoms with van der Waals surface area (Å²) in [4.78, 5) is 22.6. The van der Waals surface area contributed by atoms with Gasteiger partial charge in [0.1, 0.15) is 0 Å². The SMILES string of the molecule is O=C(N/C=C/c1ccccc1Cl)Nc1cccc(C(=O)O)c1. The first-order valence-electron chi connectivity index (χ1n) is 6.38. The average Bonchev–Trinajstić information content (AvgIpc) is 2.49. The maximum atomic E-state index is 11.7. The molecule has 5 nitrogen and oxygen atoms in total. The monoisotopic (exact) mass is 316 g/mol. The Balaban J connectivity index is 1.95. The average molecular weight is 317 g/mol. The van der Waals surface area contributed by atoms with Crippen molar-refractivity contribution in [3.8, 4) is 0 Å². The van der Waals surface area contributed by atoms with Crippen molar-refractivity contribution < 1.29 is 14.7 Å². The van der Waals surface area contributed by atoms with Crippen LogP contribution in [0.3, 0.4) is 0 Å². The largest absolute Gasteiger partial charge is 0.478 e. The van der Waals surface area contributed by atoms with Crippen LogP contribution in [0.25, 0.3) is 6.08 Å². The molecular weight excluding hydrogens is 304 g/mol. The first kappa shape index (κ1) is 15.6. The third kappa shape index (κ3) is 4.36. The van der Waals surface area contributed by atoms with Gasteiger partial charge in [0.2, 0.25) is 0 Å². The van der Waals surface area contributed by atoms with E-state index in [2.05, 4.69) is 10.6 Å². The molecule has 3 N–H and O–H groups in total. The van der Waals surface area contributed by atoms with E-state index >= 15 is 0 Å². The Morgan fingerprint density at radius 2 is 1.86 bits per heavy atom. The lowest BCUT2D eigenvalue weighted by atomic mass is 10.2. The summed E-state index contributed by atoms with van der Waals surface area (Å²) in [6, 6.07) is 12.7. The Bertz CT molecular complexity index is 729. The molecule has 0 aromatic heterocycles. The fraction of sp³-hybridized carbons (Fsp3) is 0. The highest BCUT2D eigenvalue weighted by atomic mass is 35.5. The number of carbonyl (C=O) groups excluding carboxylic acids is 1. The third-order valence-corrected chi connectivity index (χ3v) is 3.09. The van der Waals surface area contributed by atoms with Crippen LogP contribution in [0.4, 0.5) is 10.5 Å². The van der Waals surface area contributed by atoms with Crippen molar-refractivity contribution in [2.24, 2.45) is 0 Å². The molecule has 0 bridgehead atoms. The number of aromatic carboxylic acids is 1. The van der Waals surface area contributed by atoms with Gasteiger partial charge in [0, 0.05) is 16.9 Å². The van der Waals surface area contributed by atoms with Crippen LogP contribution in [0, 0.1) is 0 Å². The summed E-state index contributed by atoms with van der Waals surface area (Å²) in [6.45, 7) is 0. The fourth-order valence-electron chi connectivity index (χ4n) is 1.71. The maximum absolute atomic E-state index is 11.7. The highest BCUT2D eigenvalue weighted by Crippen LogP contribution is 2.15. The summed E-state index contributed by atoms with van der Waals surface area (Å²) >= 11 is 5.98. The van der Waals surface area contributed by atoms with Gasteiger partial charge in [0.25, 0.3) is 0 Å². The van der Waals surface area contributed by atoms with Crippen LogP contribution >= 0.6 is 11.6 Å². The van der Waals surface area contributed by atoms with E-state index in [1.165, 1.54) is 18.3 Å². The molecule has 0 heterocycles. The number of halogens is 1. The summed E-state index contributed by atoms with van der Waals surface area (Å²) in [5.74, 6) is -1.05. The van der Waals surface area contributed by atoms with Gasteiger partial charge >= 0.3 is 12.0 Å². The molecule has 0 spiro atoms. The molecule has 2 aromatic rings. The van der Waals surface area contributed by atoms with Crippen molar-refractivity contribution in [2.75, 3.05) is 5.32 Å². The van der Waals surface area contributed by atoms with Crippen LogP contribution in [-0.2, 0) is 0 Å². The highest BCUT2D eigenvalue weighted by molar-refractivity contribution is 6.32. The molecule has 22 heavy (non-hydrogen) atoms. The molecule has 0 unspecified atom stereocenters. The van der Waals surface area contributed by atoms with Gasteiger partial charge in [-0.15, -0.1) is 0 Å². The van der Waals surface area contributed by atoms with Gasteiger partial charge in [0.05, 0.1) is 5.56 Å². The summed E-state index contributed by atoms with van der Waals surface area (Å²) in [5, 5.41) is 14.5. The molecule has 2 rings (SSSR count). The molecular formula is C16H13ClN2O3. The number of hydrogen-bond donors (Lipinski definition) is 3. The molecule has 0 aliphatic heterocycles. The van der Waals surface area contributed by atoms with Gasteiger partial charge in [-0.3, -0.25) is 0 Å². The topological polar surface area (TPSA) is 78.4 Å². The van der Waals surface area contributed by atoms with E-state index in [-0.39, 0.29) is 5.56 Å². The lowest BCUT2D eigenvalue weighted by Crippen LogP contribution is -2.23. The fourth-order valence-corrected chi connectivity index (χ4v) is 1.91. The minimum Gasteiger partial charge on any atom is -0.478 e. The third-order valence-electron chi connectivity index (χ3n) is 2.75. The molecule has 0 radical (unpaired) electrons. The number of anilines is 1. The summed E-state index contributed by atoms with van der Waals surface area (Å²) in [7, 11) is 0. The standard InChI is InChI=1S/C16H13ClN2O3/c17-14-7-2-1-4-11(14)8-9-18-16(22)19-13-6-3-5-12(10-13)15(20)21/h1-10H,(H,20,21)(H2,18,19,22)/b9-8+. The molecule has 0 aliphatic carbocycles. The van der Waals surface area contributed by atoms with Gasteiger partial charge in [0.15, 0.2) is 0 Å². The highest BCUT2D eigenvalue weighted by Gasteiger charge is 2.05. The molecule has 2 aromatic carbocycles. The van der Waals surface area contributed by atoms with E-state index in [0.29, 0.717) is 10.7 Å². The molecule has 2 amide bonds. The second-order valence-electron chi connectivity index (χ2n) is 4.34. The van der Waals surface area contributed by atoms with E-state index in [9.17, 15) is 9.59 Å². The minimum absolute atomic E-state index is 0.101. The van der Waals surface area contributed by atoms with E-state index in [4.69, 9.17) is 16.7 Å². The van der Waals surface area contributed by atoms with Crippen LogP contribution < -0.4 is 10.6 Å². The number of carboxylic acids is 1. The number of hydrogen-bond acceptors (Lipinski definition) is 2. The van der Waals surface area contributed by atoms with Gasteiger partial charge in [-0.25, -0.2) is 9.59 Å². The predicted octanol–water partition coefficient (Wildman–Crippen LogP) is 3.83. The van der Waals surface area contributed by atoms with E-state index < -0.39 is 12.0 Å². The van der Waals surface area contributed by atoms with Gasteiger partial charge in [-0.05, 0) is 35.9 Å². The Morgan fingerprint density at radius 3 is 2.59 bits per heavy atom. The van der Waals surface area contributed by atoms with Crippen LogP contribution in [-0.4, -0.2) is 17.1 Å². The van der Waals surface area contributed by atoms with Crippen LogP contribution in [0.15, 0.2) is 54.7 Å². The number of carbonyl (C=O) groups is 2. The predicted molar refractivity (Wildman–Crippen MR) is 86.0 cm³/mol. The smallest absolute Gasteiger partial charge is 0.335 e. The van der Waals surface area contributed by atoms with Crippen molar-refractivity contribution in [3.63, 3.8) is 0 Å². The number of carboxylic acid groups (broad SMARTS) is 1. The number of benzene rings is 2. The molecule has 0 fully saturated rings. The summed E-state index contributed by atoms with van der Waals surface area (Å²) in [6.07, 6.45) is 3.12. The zero-order valence-electron chi connectivity index (χ0n) is 11.4.